The average molecular weight is 301 g/mol. The lowest BCUT2D eigenvalue weighted by Gasteiger charge is -2.16. The second-order valence-electron chi connectivity index (χ2n) is 4.38. The number of carboxylic acid groups (broad SMARTS) is 1. The fourth-order valence-electron chi connectivity index (χ4n) is 1.82. The molecule has 1 aromatic carbocycles. The number of methoxy groups -OCH3 is 1. The molecular weight excluding hydrogens is 282 g/mol. The predicted octanol–water partition coefficient (Wildman–Crippen LogP) is 1.62. The minimum Gasteiger partial charge on any atom is -0.497 e. The normalized spacial score (nSPS) is 12.9. The Bertz CT molecular complexity index is 556. The van der Waals surface area contributed by atoms with Crippen molar-refractivity contribution in [1.29, 1.82) is 0 Å². The van der Waals surface area contributed by atoms with Crippen molar-refractivity contribution in [3.8, 4) is 5.75 Å². The van der Waals surface area contributed by atoms with Gasteiger partial charge in [0.25, 0.3) is 0 Å². The Balaban J connectivity index is 2.93. The molecule has 0 aliphatic heterocycles. The highest BCUT2D eigenvalue weighted by atomic mass is 32.2. The minimum absolute atomic E-state index is 0.0586. The average Bonchev–Trinajstić information content (AvgIpc) is 2.38. The van der Waals surface area contributed by atoms with Gasteiger partial charge in [-0.1, -0.05) is 19.4 Å². The summed E-state index contributed by atoms with van der Waals surface area (Å²) in [7, 11) is -2.31. The number of hydrogen-bond donors (Lipinski definition) is 2. The van der Waals surface area contributed by atoms with Gasteiger partial charge in [0.15, 0.2) is 0 Å². The number of nitrogens with one attached hydrogen (secondary N) is 1. The number of benzene rings is 1. The molecule has 0 heterocycles. The fraction of sp³-hybridized carbons (Fsp3) is 0.462. The first kappa shape index (κ1) is 16.5. The summed E-state index contributed by atoms with van der Waals surface area (Å²) in [6.45, 7) is 1.87. The topological polar surface area (TPSA) is 92.7 Å². The third-order valence-electron chi connectivity index (χ3n) is 2.73. The minimum atomic E-state index is -3.75. The fourth-order valence-corrected chi connectivity index (χ4v) is 3.12. The highest BCUT2D eigenvalue weighted by Crippen LogP contribution is 2.18. The molecule has 1 atom stereocenters. The number of sulfonamides is 1. The Labute approximate surface area is 118 Å². The van der Waals surface area contributed by atoms with Gasteiger partial charge in [0.1, 0.15) is 5.75 Å². The van der Waals surface area contributed by atoms with Crippen LogP contribution >= 0.6 is 0 Å². The molecule has 0 aromatic heterocycles. The molecule has 1 aromatic rings. The summed E-state index contributed by atoms with van der Waals surface area (Å²) in [5.41, 5.74) is 0. The van der Waals surface area contributed by atoms with E-state index in [9.17, 15) is 13.2 Å². The summed E-state index contributed by atoms with van der Waals surface area (Å²) in [6.07, 6.45) is 0.922. The highest BCUT2D eigenvalue weighted by Gasteiger charge is 2.21. The second kappa shape index (κ2) is 7.25. The molecule has 1 rings (SSSR count). The van der Waals surface area contributed by atoms with Crippen molar-refractivity contribution in [2.45, 2.75) is 37.1 Å². The van der Waals surface area contributed by atoms with E-state index in [0.29, 0.717) is 18.6 Å². The van der Waals surface area contributed by atoms with Crippen LogP contribution in [0.5, 0.6) is 5.75 Å². The molecule has 2 N–H and O–H groups in total. The Hall–Kier alpha value is -1.60. The zero-order valence-electron chi connectivity index (χ0n) is 11.5. The van der Waals surface area contributed by atoms with Gasteiger partial charge in [0.2, 0.25) is 10.0 Å². The van der Waals surface area contributed by atoms with Crippen LogP contribution in [0, 0.1) is 0 Å². The van der Waals surface area contributed by atoms with Crippen LogP contribution < -0.4 is 9.46 Å². The maximum Gasteiger partial charge on any atom is 0.304 e. The molecular formula is C13H19NO5S. The van der Waals surface area contributed by atoms with E-state index >= 15 is 0 Å². The number of carbonyl (C=O) groups is 1. The van der Waals surface area contributed by atoms with Gasteiger partial charge >= 0.3 is 5.97 Å². The van der Waals surface area contributed by atoms with E-state index in [1.54, 1.807) is 12.1 Å². The summed E-state index contributed by atoms with van der Waals surface area (Å²) >= 11 is 0. The maximum absolute atomic E-state index is 12.2. The summed E-state index contributed by atoms with van der Waals surface area (Å²) in [6, 6.07) is 5.42. The molecule has 6 nitrogen and oxygen atoms in total. The summed E-state index contributed by atoms with van der Waals surface area (Å²) in [4.78, 5) is 10.8. The van der Waals surface area contributed by atoms with Crippen molar-refractivity contribution in [3.63, 3.8) is 0 Å². The molecule has 0 radical (unpaired) electrons. The van der Waals surface area contributed by atoms with E-state index < -0.39 is 22.0 Å². The largest absolute Gasteiger partial charge is 0.497 e. The lowest BCUT2D eigenvalue weighted by atomic mass is 10.1. The lowest BCUT2D eigenvalue weighted by Crippen LogP contribution is -2.36. The molecule has 0 fully saturated rings. The van der Waals surface area contributed by atoms with Crippen molar-refractivity contribution in [2.24, 2.45) is 0 Å². The van der Waals surface area contributed by atoms with Gasteiger partial charge in [-0.3, -0.25) is 4.79 Å². The first-order valence-corrected chi connectivity index (χ1v) is 7.75. The molecule has 20 heavy (non-hydrogen) atoms. The van der Waals surface area contributed by atoms with Crippen LogP contribution in [0.1, 0.15) is 26.2 Å². The van der Waals surface area contributed by atoms with Crippen LogP contribution in [0.4, 0.5) is 0 Å². The van der Waals surface area contributed by atoms with E-state index in [4.69, 9.17) is 9.84 Å². The molecule has 0 amide bonds. The molecule has 0 aliphatic rings. The van der Waals surface area contributed by atoms with Gasteiger partial charge in [-0.25, -0.2) is 13.1 Å². The van der Waals surface area contributed by atoms with E-state index in [2.05, 4.69) is 4.72 Å². The molecule has 0 saturated heterocycles. The van der Waals surface area contributed by atoms with Gasteiger partial charge in [-0.05, 0) is 18.6 Å². The van der Waals surface area contributed by atoms with Gasteiger partial charge in [0.05, 0.1) is 18.4 Å². The predicted molar refractivity (Wildman–Crippen MR) is 74.3 cm³/mol. The SMILES string of the molecule is CCCC(CC(=O)O)NS(=O)(=O)c1cccc(OC)c1. The number of hydrogen-bond acceptors (Lipinski definition) is 4. The van der Waals surface area contributed by atoms with Crippen molar-refractivity contribution in [3.05, 3.63) is 24.3 Å². The van der Waals surface area contributed by atoms with E-state index in [1.165, 1.54) is 19.2 Å². The van der Waals surface area contributed by atoms with E-state index in [0.717, 1.165) is 0 Å². The smallest absolute Gasteiger partial charge is 0.304 e. The van der Waals surface area contributed by atoms with E-state index in [1.807, 2.05) is 6.92 Å². The van der Waals surface area contributed by atoms with Crippen molar-refractivity contribution < 1.29 is 23.1 Å². The third kappa shape index (κ3) is 4.82. The quantitative estimate of drug-likeness (QED) is 0.761. The highest BCUT2D eigenvalue weighted by molar-refractivity contribution is 7.89. The summed E-state index contributed by atoms with van der Waals surface area (Å²) in [5.74, 6) is -0.602. The zero-order chi connectivity index (χ0) is 15.2. The summed E-state index contributed by atoms with van der Waals surface area (Å²) in [5, 5.41) is 8.81. The Morgan fingerprint density at radius 2 is 2.15 bits per heavy atom. The van der Waals surface area contributed by atoms with Crippen LogP contribution in [-0.2, 0) is 14.8 Å². The number of ether oxygens (including phenoxy) is 1. The lowest BCUT2D eigenvalue weighted by molar-refractivity contribution is -0.137. The summed E-state index contributed by atoms with van der Waals surface area (Å²) < 4.78 is 31.8. The molecule has 0 saturated carbocycles. The second-order valence-corrected chi connectivity index (χ2v) is 6.10. The molecule has 7 heteroatoms. The van der Waals surface area contributed by atoms with Gasteiger partial charge in [0, 0.05) is 12.1 Å². The van der Waals surface area contributed by atoms with Crippen LogP contribution in [-0.4, -0.2) is 32.6 Å². The number of rotatable bonds is 8. The third-order valence-corrected chi connectivity index (χ3v) is 4.25. The van der Waals surface area contributed by atoms with E-state index in [-0.39, 0.29) is 11.3 Å². The van der Waals surface area contributed by atoms with Crippen LogP contribution in [0.25, 0.3) is 0 Å². The van der Waals surface area contributed by atoms with Gasteiger partial charge in [-0.15, -0.1) is 0 Å². The van der Waals surface area contributed by atoms with Crippen LogP contribution in [0.2, 0.25) is 0 Å². The monoisotopic (exact) mass is 301 g/mol. The van der Waals surface area contributed by atoms with Crippen molar-refractivity contribution >= 4 is 16.0 Å². The Morgan fingerprint density at radius 1 is 1.45 bits per heavy atom. The Morgan fingerprint density at radius 3 is 2.70 bits per heavy atom. The van der Waals surface area contributed by atoms with Crippen LogP contribution in [0.15, 0.2) is 29.2 Å². The number of carboxylic acids is 1. The molecule has 0 bridgehead atoms. The van der Waals surface area contributed by atoms with Gasteiger partial charge < -0.3 is 9.84 Å². The number of aliphatic carboxylic acids is 1. The molecule has 112 valence electrons. The molecule has 0 spiro atoms. The molecule has 1 unspecified atom stereocenters. The standard InChI is InChI=1S/C13H19NO5S/c1-3-5-10(8-13(15)16)14-20(17,18)12-7-4-6-11(9-12)19-2/h4,6-7,9-10,14H,3,5,8H2,1-2H3,(H,15,16). The van der Waals surface area contributed by atoms with Gasteiger partial charge in [-0.2, -0.15) is 0 Å². The zero-order valence-corrected chi connectivity index (χ0v) is 12.3. The maximum atomic E-state index is 12.2. The van der Waals surface area contributed by atoms with Crippen LogP contribution in [0.3, 0.4) is 0 Å². The van der Waals surface area contributed by atoms with Crippen molar-refractivity contribution in [1.82, 2.24) is 4.72 Å². The molecule has 0 aliphatic carbocycles. The van der Waals surface area contributed by atoms with Crippen molar-refractivity contribution in [2.75, 3.05) is 7.11 Å². The first-order chi connectivity index (χ1) is 9.39. The Kier molecular flexibility index (Phi) is 5.97. The first-order valence-electron chi connectivity index (χ1n) is 6.27.